The van der Waals surface area contributed by atoms with E-state index in [0.29, 0.717) is 6.04 Å². The first-order chi connectivity index (χ1) is 9.24. The van der Waals surface area contributed by atoms with Crippen molar-refractivity contribution in [1.29, 1.82) is 0 Å². The SMILES string of the molecule is CN1CCC(CNC2CCSc3c(F)cccc32)C1. The van der Waals surface area contributed by atoms with Crippen LogP contribution < -0.4 is 5.32 Å². The molecule has 1 saturated heterocycles. The van der Waals surface area contributed by atoms with E-state index in [1.54, 1.807) is 17.8 Å². The Bertz CT molecular complexity index is 452. The fraction of sp³-hybridized carbons (Fsp3) is 0.600. The zero-order chi connectivity index (χ0) is 13.2. The molecule has 3 rings (SSSR count). The Balaban J connectivity index is 1.65. The highest BCUT2D eigenvalue weighted by atomic mass is 32.2. The van der Waals surface area contributed by atoms with Crippen LogP contribution in [-0.2, 0) is 0 Å². The summed E-state index contributed by atoms with van der Waals surface area (Å²) in [5.41, 5.74) is 1.16. The van der Waals surface area contributed by atoms with Crippen LogP contribution in [0.4, 0.5) is 4.39 Å². The molecule has 0 bridgehead atoms. The van der Waals surface area contributed by atoms with Crippen molar-refractivity contribution in [2.45, 2.75) is 23.8 Å². The van der Waals surface area contributed by atoms with Gasteiger partial charge in [-0.2, -0.15) is 0 Å². The highest BCUT2D eigenvalue weighted by Crippen LogP contribution is 2.37. The monoisotopic (exact) mass is 280 g/mol. The first-order valence-electron chi connectivity index (χ1n) is 7.07. The fourth-order valence-corrected chi connectivity index (χ4v) is 4.24. The van der Waals surface area contributed by atoms with Gasteiger partial charge in [-0.05, 0) is 56.3 Å². The summed E-state index contributed by atoms with van der Waals surface area (Å²) in [6, 6.07) is 5.80. The lowest BCUT2D eigenvalue weighted by atomic mass is 10.0. The van der Waals surface area contributed by atoms with Crippen molar-refractivity contribution in [1.82, 2.24) is 10.2 Å². The van der Waals surface area contributed by atoms with Gasteiger partial charge in [0, 0.05) is 17.5 Å². The van der Waals surface area contributed by atoms with E-state index < -0.39 is 0 Å². The van der Waals surface area contributed by atoms with Gasteiger partial charge in [-0.1, -0.05) is 12.1 Å². The molecule has 1 aromatic carbocycles. The second-order valence-corrected chi connectivity index (χ2v) is 6.78. The molecule has 0 aromatic heterocycles. The van der Waals surface area contributed by atoms with Crippen LogP contribution in [0.5, 0.6) is 0 Å². The highest BCUT2D eigenvalue weighted by Gasteiger charge is 2.25. The Labute approximate surface area is 118 Å². The maximum atomic E-state index is 13.8. The molecule has 2 atom stereocenters. The van der Waals surface area contributed by atoms with Crippen LogP contribution in [0.1, 0.15) is 24.4 Å². The lowest BCUT2D eigenvalue weighted by molar-refractivity contribution is 0.375. The molecular weight excluding hydrogens is 259 g/mol. The summed E-state index contributed by atoms with van der Waals surface area (Å²) in [5, 5.41) is 3.66. The Morgan fingerprint density at radius 1 is 1.42 bits per heavy atom. The molecule has 0 spiro atoms. The summed E-state index contributed by atoms with van der Waals surface area (Å²) in [7, 11) is 2.18. The van der Waals surface area contributed by atoms with Crippen LogP contribution in [0.3, 0.4) is 0 Å². The second kappa shape index (κ2) is 5.81. The topological polar surface area (TPSA) is 15.3 Å². The molecule has 0 aliphatic carbocycles. The molecule has 1 aromatic rings. The van der Waals surface area contributed by atoms with E-state index >= 15 is 0 Å². The van der Waals surface area contributed by atoms with Gasteiger partial charge in [0.1, 0.15) is 5.82 Å². The Kier molecular flexibility index (Phi) is 4.10. The van der Waals surface area contributed by atoms with Gasteiger partial charge in [-0.15, -0.1) is 11.8 Å². The molecule has 0 saturated carbocycles. The Morgan fingerprint density at radius 3 is 3.11 bits per heavy atom. The minimum Gasteiger partial charge on any atom is -0.310 e. The van der Waals surface area contributed by atoms with Crippen molar-refractivity contribution in [2.24, 2.45) is 5.92 Å². The van der Waals surface area contributed by atoms with E-state index in [1.807, 2.05) is 6.07 Å². The number of fused-ring (bicyclic) bond motifs is 1. The van der Waals surface area contributed by atoms with E-state index in [2.05, 4.69) is 23.3 Å². The van der Waals surface area contributed by atoms with Gasteiger partial charge in [0.25, 0.3) is 0 Å². The van der Waals surface area contributed by atoms with E-state index in [9.17, 15) is 4.39 Å². The summed E-state index contributed by atoms with van der Waals surface area (Å²) >= 11 is 1.65. The van der Waals surface area contributed by atoms with Crippen molar-refractivity contribution in [3.63, 3.8) is 0 Å². The van der Waals surface area contributed by atoms with Crippen LogP contribution in [0.2, 0.25) is 0 Å². The Morgan fingerprint density at radius 2 is 2.32 bits per heavy atom. The number of likely N-dealkylation sites (tertiary alicyclic amines) is 1. The lowest BCUT2D eigenvalue weighted by Crippen LogP contribution is -2.30. The van der Waals surface area contributed by atoms with Crippen molar-refractivity contribution in [3.8, 4) is 0 Å². The molecule has 2 aliphatic rings. The largest absolute Gasteiger partial charge is 0.310 e. The number of nitrogens with one attached hydrogen (secondary N) is 1. The van der Waals surface area contributed by atoms with E-state index in [4.69, 9.17) is 0 Å². The maximum Gasteiger partial charge on any atom is 0.137 e. The number of nitrogens with zero attached hydrogens (tertiary/aromatic N) is 1. The molecule has 2 nitrogen and oxygen atoms in total. The van der Waals surface area contributed by atoms with Gasteiger partial charge in [-0.3, -0.25) is 0 Å². The molecule has 0 radical (unpaired) electrons. The molecule has 2 heterocycles. The van der Waals surface area contributed by atoms with Crippen LogP contribution in [-0.4, -0.2) is 37.3 Å². The summed E-state index contributed by atoms with van der Waals surface area (Å²) in [4.78, 5) is 3.24. The summed E-state index contributed by atoms with van der Waals surface area (Å²) in [6.07, 6.45) is 2.38. The molecule has 4 heteroatoms. The fourth-order valence-electron chi connectivity index (χ4n) is 3.10. The summed E-state index contributed by atoms with van der Waals surface area (Å²) in [5.74, 6) is 1.70. The Hall–Kier alpha value is -0.580. The minimum atomic E-state index is -0.0606. The van der Waals surface area contributed by atoms with Gasteiger partial charge in [-0.25, -0.2) is 4.39 Å². The van der Waals surface area contributed by atoms with Gasteiger partial charge in [0.2, 0.25) is 0 Å². The molecular formula is C15H21FN2S. The van der Waals surface area contributed by atoms with Gasteiger partial charge >= 0.3 is 0 Å². The minimum absolute atomic E-state index is 0.0606. The third kappa shape index (κ3) is 2.96. The standard InChI is InChI=1S/C15H21FN2S/c1-18-7-5-11(10-18)9-17-14-6-8-19-15-12(14)3-2-4-13(15)16/h2-4,11,14,17H,5-10H2,1H3. The number of hydrogen-bond donors (Lipinski definition) is 1. The molecule has 19 heavy (non-hydrogen) atoms. The molecule has 1 N–H and O–H groups in total. The van der Waals surface area contributed by atoms with Crippen LogP contribution in [0, 0.1) is 11.7 Å². The maximum absolute atomic E-state index is 13.8. The summed E-state index contributed by atoms with van der Waals surface area (Å²) in [6.45, 7) is 3.44. The predicted octanol–water partition coefficient (Wildman–Crippen LogP) is 2.90. The number of thioether (sulfide) groups is 1. The summed E-state index contributed by atoms with van der Waals surface area (Å²) < 4.78 is 13.8. The van der Waals surface area contributed by atoms with Crippen LogP contribution >= 0.6 is 11.8 Å². The number of hydrogen-bond acceptors (Lipinski definition) is 3. The van der Waals surface area contributed by atoms with Crippen molar-refractivity contribution in [3.05, 3.63) is 29.6 Å². The quantitative estimate of drug-likeness (QED) is 0.916. The lowest BCUT2D eigenvalue weighted by Gasteiger charge is -2.27. The molecule has 2 aliphatic heterocycles. The van der Waals surface area contributed by atoms with Gasteiger partial charge in [0.05, 0.1) is 0 Å². The molecule has 0 amide bonds. The average molecular weight is 280 g/mol. The molecule has 104 valence electrons. The average Bonchev–Trinajstić information content (AvgIpc) is 2.83. The van der Waals surface area contributed by atoms with Crippen molar-refractivity contribution in [2.75, 3.05) is 32.4 Å². The normalized spacial score (nSPS) is 27.5. The van der Waals surface area contributed by atoms with Crippen LogP contribution in [0.15, 0.2) is 23.1 Å². The second-order valence-electron chi connectivity index (χ2n) is 5.67. The van der Waals surface area contributed by atoms with Crippen LogP contribution in [0.25, 0.3) is 0 Å². The first kappa shape index (κ1) is 13.4. The van der Waals surface area contributed by atoms with Gasteiger partial charge < -0.3 is 10.2 Å². The van der Waals surface area contributed by atoms with E-state index in [0.717, 1.165) is 35.1 Å². The van der Waals surface area contributed by atoms with E-state index in [1.165, 1.54) is 19.5 Å². The highest BCUT2D eigenvalue weighted by molar-refractivity contribution is 7.99. The first-order valence-corrected chi connectivity index (χ1v) is 8.05. The molecule has 2 unspecified atom stereocenters. The smallest absolute Gasteiger partial charge is 0.137 e. The third-order valence-corrected chi connectivity index (χ3v) is 5.33. The number of rotatable bonds is 3. The predicted molar refractivity (Wildman–Crippen MR) is 78.1 cm³/mol. The van der Waals surface area contributed by atoms with Crippen molar-refractivity contribution >= 4 is 11.8 Å². The van der Waals surface area contributed by atoms with E-state index in [-0.39, 0.29) is 5.82 Å². The zero-order valence-corrected chi connectivity index (χ0v) is 12.2. The van der Waals surface area contributed by atoms with Gasteiger partial charge in [0.15, 0.2) is 0 Å². The number of halogens is 1. The molecule has 1 fully saturated rings. The zero-order valence-electron chi connectivity index (χ0n) is 11.4. The van der Waals surface area contributed by atoms with Crippen molar-refractivity contribution < 1.29 is 4.39 Å². The third-order valence-electron chi connectivity index (χ3n) is 4.17. The number of benzene rings is 1.